The number of benzene rings is 1. The summed E-state index contributed by atoms with van der Waals surface area (Å²) in [6.07, 6.45) is -0.424. The van der Waals surface area contributed by atoms with Crippen molar-refractivity contribution in [2.24, 2.45) is 0 Å². The van der Waals surface area contributed by atoms with Gasteiger partial charge in [0, 0.05) is 16.9 Å². The predicted octanol–water partition coefficient (Wildman–Crippen LogP) is 4.41. The van der Waals surface area contributed by atoms with Crippen LogP contribution in [0.1, 0.15) is 5.56 Å². The molecule has 20 heavy (non-hydrogen) atoms. The number of halogens is 6. The standard InChI is InChI=1S/C11H8BrF5O2S/c12-5-6(18)4-7-8(19-10(13)14)2-1-3-9(7)20-11(15,16)17/h1-3,10H,4-5H2. The zero-order valence-electron chi connectivity index (χ0n) is 9.72. The summed E-state index contributed by atoms with van der Waals surface area (Å²) in [5, 5.41) is -0.0911. The molecule has 0 atom stereocenters. The minimum atomic E-state index is -4.59. The van der Waals surface area contributed by atoms with E-state index in [0.29, 0.717) is 0 Å². The van der Waals surface area contributed by atoms with E-state index in [2.05, 4.69) is 20.7 Å². The van der Waals surface area contributed by atoms with E-state index in [-0.39, 0.29) is 15.8 Å². The molecule has 9 heteroatoms. The van der Waals surface area contributed by atoms with E-state index in [0.717, 1.165) is 18.2 Å². The molecule has 0 heterocycles. The van der Waals surface area contributed by atoms with Gasteiger partial charge >= 0.3 is 12.1 Å². The number of Topliss-reactive ketones (excluding diaryl/α,β-unsaturated/α-hetero) is 1. The molecule has 0 fully saturated rings. The Bertz CT molecular complexity index is 478. The molecular weight excluding hydrogens is 371 g/mol. The van der Waals surface area contributed by atoms with E-state index in [4.69, 9.17) is 0 Å². The summed E-state index contributed by atoms with van der Waals surface area (Å²) in [6, 6.07) is 3.37. The Morgan fingerprint density at radius 2 is 2.00 bits per heavy atom. The van der Waals surface area contributed by atoms with Gasteiger partial charge in [0.05, 0.1) is 5.33 Å². The third-order valence-electron chi connectivity index (χ3n) is 2.05. The van der Waals surface area contributed by atoms with Gasteiger partial charge in [0.2, 0.25) is 0 Å². The van der Waals surface area contributed by atoms with Gasteiger partial charge in [0.25, 0.3) is 0 Å². The van der Waals surface area contributed by atoms with Crippen LogP contribution in [0.3, 0.4) is 0 Å². The first-order valence-electron chi connectivity index (χ1n) is 5.13. The highest BCUT2D eigenvalue weighted by atomic mass is 79.9. The quantitative estimate of drug-likeness (QED) is 0.416. The first kappa shape index (κ1) is 17.2. The third-order valence-corrected chi connectivity index (χ3v) is 3.51. The molecular formula is C11H8BrF5O2S. The molecule has 0 aromatic heterocycles. The van der Waals surface area contributed by atoms with Crippen molar-refractivity contribution < 1.29 is 31.5 Å². The fourth-order valence-corrected chi connectivity index (χ4v) is 2.28. The number of hydrogen-bond acceptors (Lipinski definition) is 3. The van der Waals surface area contributed by atoms with Crippen LogP contribution >= 0.6 is 27.7 Å². The Labute approximate surface area is 123 Å². The third kappa shape index (κ3) is 5.66. The Balaban J connectivity index is 3.17. The van der Waals surface area contributed by atoms with Gasteiger partial charge in [0.15, 0.2) is 0 Å². The van der Waals surface area contributed by atoms with Crippen molar-refractivity contribution in [2.75, 3.05) is 5.33 Å². The molecule has 0 aliphatic heterocycles. The molecule has 0 amide bonds. The second kappa shape index (κ2) is 7.26. The topological polar surface area (TPSA) is 26.3 Å². The zero-order chi connectivity index (χ0) is 15.3. The summed E-state index contributed by atoms with van der Waals surface area (Å²) in [5.74, 6) is -0.872. The monoisotopic (exact) mass is 378 g/mol. The van der Waals surface area contributed by atoms with Gasteiger partial charge in [0.1, 0.15) is 11.5 Å². The van der Waals surface area contributed by atoms with Crippen molar-refractivity contribution in [3.8, 4) is 5.75 Å². The second-order valence-electron chi connectivity index (χ2n) is 3.51. The van der Waals surface area contributed by atoms with Crippen LogP contribution in [-0.4, -0.2) is 23.2 Å². The number of ether oxygens (including phenoxy) is 1. The maximum atomic E-state index is 12.4. The minimum absolute atomic E-state index is 0.0911. The van der Waals surface area contributed by atoms with E-state index >= 15 is 0 Å². The van der Waals surface area contributed by atoms with Crippen LogP contribution in [0.25, 0.3) is 0 Å². The summed E-state index contributed by atoms with van der Waals surface area (Å²) in [5.41, 5.74) is -4.78. The zero-order valence-corrected chi connectivity index (χ0v) is 12.1. The van der Waals surface area contributed by atoms with Crippen molar-refractivity contribution in [1.82, 2.24) is 0 Å². The largest absolute Gasteiger partial charge is 0.446 e. The van der Waals surface area contributed by atoms with E-state index in [1.165, 1.54) is 0 Å². The lowest BCUT2D eigenvalue weighted by Crippen LogP contribution is -2.11. The molecule has 0 spiro atoms. The van der Waals surface area contributed by atoms with Gasteiger partial charge in [-0.25, -0.2) is 0 Å². The van der Waals surface area contributed by atoms with Crippen LogP contribution in [0, 0.1) is 0 Å². The highest BCUT2D eigenvalue weighted by molar-refractivity contribution is 9.09. The molecule has 0 aliphatic rings. The van der Waals surface area contributed by atoms with Crippen molar-refractivity contribution >= 4 is 33.5 Å². The molecule has 0 saturated carbocycles. The lowest BCUT2D eigenvalue weighted by molar-refractivity contribution is -0.116. The normalized spacial score (nSPS) is 11.8. The van der Waals surface area contributed by atoms with Gasteiger partial charge < -0.3 is 4.74 Å². The number of ketones is 1. The van der Waals surface area contributed by atoms with Crippen LogP contribution in [0.2, 0.25) is 0 Å². The number of thioether (sulfide) groups is 1. The second-order valence-corrected chi connectivity index (χ2v) is 5.18. The Hall–Kier alpha value is -0.830. The molecule has 112 valence electrons. The predicted molar refractivity (Wildman–Crippen MR) is 67.5 cm³/mol. The average Bonchev–Trinajstić information content (AvgIpc) is 2.30. The summed E-state index contributed by atoms with van der Waals surface area (Å²) < 4.78 is 65.9. The molecule has 0 aliphatic carbocycles. The fraction of sp³-hybridized carbons (Fsp3) is 0.364. The first-order valence-corrected chi connectivity index (χ1v) is 7.07. The maximum absolute atomic E-state index is 12.4. The van der Waals surface area contributed by atoms with E-state index < -0.39 is 41.8 Å². The van der Waals surface area contributed by atoms with E-state index in [9.17, 15) is 26.7 Å². The maximum Gasteiger partial charge on any atom is 0.446 e. The Morgan fingerprint density at radius 3 is 2.50 bits per heavy atom. The molecule has 0 radical (unpaired) electrons. The Morgan fingerprint density at radius 1 is 1.35 bits per heavy atom. The van der Waals surface area contributed by atoms with Crippen LogP contribution in [0.15, 0.2) is 23.1 Å². The summed E-state index contributed by atoms with van der Waals surface area (Å²) >= 11 is 2.39. The average molecular weight is 379 g/mol. The molecule has 1 rings (SSSR count). The molecule has 0 saturated heterocycles. The van der Waals surface area contributed by atoms with Crippen molar-refractivity contribution in [3.05, 3.63) is 23.8 Å². The molecule has 1 aromatic carbocycles. The van der Waals surface area contributed by atoms with E-state index in [1.807, 2.05) is 0 Å². The highest BCUT2D eigenvalue weighted by Crippen LogP contribution is 2.41. The van der Waals surface area contributed by atoms with Gasteiger partial charge in [-0.2, -0.15) is 22.0 Å². The smallest absolute Gasteiger partial charge is 0.434 e. The van der Waals surface area contributed by atoms with Crippen molar-refractivity contribution in [2.45, 2.75) is 23.4 Å². The van der Waals surface area contributed by atoms with Gasteiger partial charge in [-0.3, -0.25) is 4.79 Å². The number of carbonyl (C=O) groups excluding carboxylic acids is 1. The lowest BCUT2D eigenvalue weighted by atomic mass is 10.1. The van der Waals surface area contributed by atoms with Crippen LogP contribution < -0.4 is 4.74 Å². The Kier molecular flexibility index (Phi) is 6.25. The van der Waals surface area contributed by atoms with Crippen LogP contribution in [-0.2, 0) is 11.2 Å². The minimum Gasteiger partial charge on any atom is -0.434 e. The first-order chi connectivity index (χ1) is 9.23. The molecule has 0 bridgehead atoms. The summed E-state index contributed by atoms with van der Waals surface area (Å²) in [4.78, 5) is 11.0. The van der Waals surface area contributed by atoms with Gasteiger partial charge in [-0.05, 0) is 23.9 Å². The number of alkyl halides is 6. The summed E-state index contributed by atoms with van der Waals surface area (Å²) in [6.45, 7) is -3.18. The van der Waals surface area contributed by atoms with Crippen molar-refractivity contribution in [1.29, 1.82) is 0 Å². The van der Waals surface area contributed by atoms with Crippen molar-refractivity contribution in [3.63, 3.8) is 0 Å². The molecule has 1 aromatic rings. The molecule has 2 nitrogen and oxygen atoms in total. The SMILES string of the molecule is O=C(CBr)Cc1c(OC(F)F)cccc1SC(F)(F)F. The van der Waals surface area contributed by atoms with Gasteiger partial charge in [-0.1, -0.05) is 22.0 Å². The number of rotatable bonds is 6. The highest BCUT2D eigenvalue weighted by Gasteiger charge is 2.31. The fourth-order valence-electron chi connectivity index (χ4n) is 1.39. The lowest BCUT2D eigenvalue weighted by Gasteiger charge is -2.15. The van der Waals surface area contributed by atoms with Crippen LogP contribution in [0.4, 0.5) is 22.0 Å². The number of hydrogen-bond donors (Lipinski definition) is 0. The van der Waals surface area contributed by atoms with E-state index in [1.54, 1.807) is 0 Å². The summed E-state index contributed by atoms with van der Waals surface area (Å²) in [7, 11) is 0. The van der Waals surface area contributed by atoms with Crippen LogP contribution in [0.5, 0.6) is 5.75 Å². The number of carbonyl (C=O) groups is 1. The van der Waals surface area contributed by atoms with Gasteiger partial charge in [-0.15, -0.1) is 0 Å². The molecule has 0 unspecified atom stereocenters. The molecule has 0 N–H and O–H groups in total.